The van der Waals surface area contributed by atoms with Gasteiger partial charge in [-0.3, -0.25) is 0 Å². The van der Waals surface area contributed by atoms with Crippen LogP contribution in [-0.2, 0) is 4.55 Å². The third-order valence-corrected chi connectivity index (χ3v) is 7.36. The maximum absolute atomic E-state index is 13.9. The molecule has 1 aromatic heterocycles. The molecule has 1 fully saturated rings. The zero-order chi connectivity index (χ0) is 17.2. The molecular weight excluding hydrogens is 434 g/mol. The maximum atomic E-state index is 13.9. The van der Waals surface area contributed by atoms with E-state index in [1.807, 2.05) is 41.0 Å². The fourth-order valence-corrected chi connectivity index (χ4v) is 5.63. The second-order valence-electron chi connectivity index (χ2n) is 5.96. The third kappa shape index (κ3) is 3.43. The first kappa shape index (κ1) is 16.6. The molecule has 5 nitrogen and oxygen atoms in total. The number of hydrogen-bond acceptors (Lipinski definition) is 3. The van der Waals surface area contributed by atoms with Crippen LogP contribution in [-0.4, -0.2) is 38.8 Å². The summed E-state index contributed by atoms with van der Waals surface area (Å²) in [6.45, 7) is 3.48. The van der Waals surface area contributed by atoms with Crippen LogP contribution in [0.4, 0.5) is 10.1 Å². The van der Waals surface area contributed by atoms with E-state index in [0.29, 0.717) is 5.69 Å². The number of aromatic amines is 1. The molecule has 25 heavy (non-hydrogen) atoms. The first-order valence-corrected chi connectivity index (χ1v) is 10.7. The van der Waals surface area contributed by atoms with Crippen LogP contribution in [0.5, 0.6) is 0 Å². The molecule has 1 N–H and O–H groups in total. The van der Waals surface area contributed by atoms with E-state index in [0.717, 1.165) is 41.8 Å². The molecule has 1 aliphatic heterocycles. The Morgan fingerprint density at radius 3 is 2.52 bits per heavy atom. The molecule has 0 bridgehead atoms. The van der Waals surface area contributed by atoms with Gasteiger partial charge in [0.2, 0.25) is 0 Å². The Labute approximate surface area is 155 Å². The number of fused-ring (bicyclic) bond motifs is 1. The molecule has 4 rings (SSSR count). The second-order valence-corrected chi connectivity index (χ2v) is 8.69. The molecule has 0 saturated carbocycles. The van der Waals surface area contributed by atoms with E-state index in [4.69, 9.17) is 0 Å². The Hall–Kier alpha value is -1.87. The quantitative estimate of drug-likeness (QED) is 0.322. The van der Waals surface area contributed by atoms with Crippen molar-refractivity contribution in [2.75, 3.05) is 31.1 Å². The van der Waals surface area contributed by atoms with Gasteiger partial charge < -0.3 is 0 Å². The van der Waals surface area contributed by atoms with Gasteiger partial charge in [-0.25, -0.2) is 0 Å². The van der Waals surface area contributed by atoms with Crippen molar-refractivity contribution in [2.24, 2.45) is 0 Å². The minimum absolute atomic E-state index is 0.0362. The summed E-state index contributed by atoms with van der Waals surface area (Å²) in [5.74, 6) is -0.156. The first-order valence-electron chi connectivity index (χ1n) is 8.24. The van der Waals surface area contributed by atoms with Gasteiger partial charge in [0, 0.05) is 0 Å². The molecule has 0 atom stereocenters. The summed E-state index contributed by atoms with van der Waals surface area (Å²) in [5, 5.41) is 0. The van der Waals surface area contributed by atoms with Crippen LogP contribution >= 0.6 is 0 Å². The number of benzene rings is 2. The molecule has 2 aromatic carbocycles. The Balaban J connectivity index is 1.38. The number of nitrogens with one attached hydrogen (secondary N) is 1. The summed E-state index contributed by atoms with van der Waals surface area (Å²) >= 11 is -0.282. The molecule has 1 aliphatic rings. The van der Waals surface area contributed by atoms with Crippen molar-refractivity contribution in [1.29, 1.82) is 0 Å². The predicted molar refractivity (Wildman–Crippen MR) is 92.7 cm³/mol. The SMILES string of the molecule is O=c1[nH]c2ccccc2n1C[I-]N1CCN(c2ccccc2F)CC1. The summed E-state index contributed by atoms with van der Waals surface area (Å²) < 4.78 is 18.9. The molecule has 0 amide bonds. The summed E-state index contributed by atoms with van der Waals surface area (Å²) in [7, 11) is 0. The van der Waals surface area contributed by atoms with E-state index in [2.05, 4.69) is 13.0 Å². The van der Waals surface area contributed by atoms with Crippen molar-refractivity contribution in [3.63, 3.8) is 0 Å². The van der Waals surface area contributed by atoms with Crippen molar-refractivity contribution < 1.29 is 25.9 Å². The molecule has 0 spiro atoms. The van der Waals surface area contributed by atoms with Gasteiger partial charge in [0.25, 0.3) is 0 Å². The van der Waals surface area contributed by atoms with E-state index in [-0.39, 0.29) is 33.0 Å². The van der Waals surface area contributed by atoms with Gasteiger partial charge in [-0.2, -0.15) is 0 Å². The molecular formula is C18H19FIN4O-. The van der Waals surface area contributed by atoms with Crippen LogP contribution in [0.25, 0.3) is 11.0 Å². The van der Waals surface area contributed by atoms with Crippen molar-refractivity contribution >= 4 is 16.7 Å². The van der Waals surface area contributed by atoms with E-state index >= 15 is 0 Å². The molecule has 1 saturated heterocycles. The van der Waals surface area contributed by atoms with E-state index in [9.17, 15) is 9.18 Å². The summed E-state index contributed by atoms with van der Waals surface area (Å²) in [6, 6.07) is 14.7. The van der Waals surface area contributed by atoms with E-state index in [1.54, 1.807) is 6.07 Å². The van der Waals surface area contributed by atoms with E-state index < -0.39 is 0 Å². The summed E-state index contributed by atoms with van der Waals surface area (Å²) in [6.07, 6.45) is 0. The van der Waals surface area contributed by atoms with Gasteiger partial charge in [0.05, 0.1) is 0 Å². The Kier molecular flexibility index (Phi) is 4.76. The number of anilines is 1. The number of halogens is 2. The van der Waals surface area contributed by atoms with Crippen molar-refractivity contribution in [2.45, 2.75) is 4.55 Å². The Morgan fingerprint density at radius 2 is 1.72 bits per heavy atom. The molecule has 0 aliphatic carbocycles. The molecule has 7 heteroatoms. The van der Waals surface area contributed by atoms with Crippen LogP contribution in [0.1, 0.15) is 0 Å². The fraction of sp³-hybridized carbons (Fsp3) is 0.278. The Bertz CT molecular complexity index is 930. The molecule has 0 unspecified atom stereocenters. The average molecular weight is 453 g/mol. The van der Waals surface area contributed by atoms with Gasteiger partial charge >= 0.3 is 156 Å². The fourth-order valence-electron chi connectivity index (χ4n) is 3.11. The molecule has 2 heterocycles. The molecule has 0 radical (unpaired) electrons. The van der Waals surface area contributed by atoms with Gasteiger partial charge in [-0.05, 0) is 0 Å². The van der Waals surface area contributed by atoms with E-state index in [1.165, 1.54) is 6.07 Å². The van der Waals surface area contributed by atoms with Crippen LogP contribution in [0.3, 0.4) is 0 Å². The number of hydrogen-bond donors (Lipinski definition) is 1. The van der Waals surface area contributed by atoms with Crippen molar-refractivity contribution in [3.8, 4) is 0 Å². The van der Waals surface area contributed by atoms with Gasteiger partial charge in [-0.1, -0.05) is 0 Å². The van der Waals surface area contributed by atoms with Crippen LogP contribution in [0.2, 0.25) is 0 Å². The standard InChI is InChI=1S/C18H19FIN4O/c19-14-5-1-3-7-16(14)22-9-11-23(12-10-22)20-13-24-17-8-4-2-6-15(17)21-18(24)25/h1-8H,9-13H2,(H,21,25)/q-1. The van der Waals surface area contributed by atoms with Gasteiger partial charge in [0.15, 0.2) is 0 Å². The number of aromatic nitrogens is 2. The minimum atomic E-state index is -0.282. The van der Waals surface area contributed by atoms with Crippen LogP contribution in [0, 0.1) is 5.82 Å². The monoisotopic (exact) mass is 453 g/mol. The number of alkyl halides is 1. The van der Waals surface area contributed by atoms with Crippen LogP contribution < -0.4 is 32.1 Å². The van der Waals surface area contributed by atoms with Crippen molar-refractivity contribution in [1.82, 2.24) is 12.7 Å². The zero-order valence-electron chi connectivity index (χ0n) is 13.7. The van der Waals surface area contributed by atoms with Crippen LogP contribution in [0.15, 0.2) is 53.3 Å². The number of piperazine rings is 1. The van der Waals surface area contributed by atoms with Crippen molar-refractivity contribution in [3.05, 3.63) is 64.8 Å². The number of H-pyrrole nitrogens is 1. The number of imidazole rings is 1. The summed E-state index contributed by atoms with van der Waals surface area (Å²) in [4.78, 5) is 17.2. The normalized spacial score (nSPS) is 16.0. The molecule has 3 aromatic rings. The predicted octanol–water partition coefficient (Wildman–Crippen LogP) is -0.748. The van der Waals surface area contributed by atoms with Gasteiger partial charge in [0.1, 0.15) is 0 Å². The number of nitrogens with zero attached hydrogens (tertiary/aromatic N) is 3. The average Bonchev–Trinajstić information content (AvgIpc) is 2.96. The third-order valence-electron chi connectivity index (χ3n) is 4.44. The first-order chi connectivity index (χ1) is 12.2. The Morgan fingerprint density at radius 1 is 1.00 bits per heavy atom. The number of para-hydroxylation sites is 3. The summed E-state index contributed by atoms with van der Waals surface area (Å²) in [5.41, 5.74) is 2.51. The molecule has 132 valence electrons. The van der Waals surface area contributed by atoms with Gasteiger partial charge in [-0.15, -0.1) is 0 Å². The topological polar surface area (TPSA) is 44.3 Å². The zero-order valence-corrected chi connectivity index (χ0v) is 15.8. The number of rotatable bonds is 4. The second kappa shape index (κ2) is 7.17.